The number of hydroxylamine groups is 2. The first-order valence-corrected chi connectivity index (χ1v) is 6.57. The highest BCUT2D eigenvalue weighted by Gasteiger charge is 2.39. The summed E-state index contributed by atoms with van der Waals surface area (Å²) >= 11 is 0. The zero-order valence-electron chi connectivity index (χ0n) is 12.2. The number of piperidine rings is 1. The third kappa shape index (κ3) is 4.03. The van der Waals surface area contributed by atoms with Crippen LogP contribution in [-0.4, -0.2) is 29.9 Å². The van der Waals surface area contributed by atoms with Crippen molar-refractivity contribution in [1.29, 1.82) is 5.26 Å². The first-order chi connectivity index (χ1) is 8.69. The van der Waals surface area contributed by atoms with E-state index in [1.165, 1.54) is 0 Å². The number of nitrogens with zero attached hydrogens (tertiary/aromatic N) is 2. The molecule has 1 aliphatic rings. The molecule has 1 fully saturated rings. The Morgan fingerprint density at radius 2 is 2.05 bits per heavy atom. The molecule has 0 aromatic heterocycles. The minimum Gasteiger partial charge on any atom is -0.367 e. The van der Waals surface area contributed by atoms with E-state index in [4.69, 9.17) is 10.1 Å². The van der Waals surface area contributed by atoms with E-state index in [0.717, 1.165) is 12.8 Å². The van der Waals surface area contributed by atoms with Crippen molar-refractivity contribution in [2.75, 3.05) is 13.1 Å². The number of Topliss-reactive ketones (excluding diaryl/α,β-unsaturated/α-hetero) is 1. The largest absolute Gasteiger partial charge is 0.367 e. The summed E-state index contributed by atoms with van der Waals surface area (Å²) < 4.78 is 0. The number of nitriles is 1. The summed E-state index contributed by atoms with van der Waals surface area (Å²) in [7, 11) is 0. The third-order valence-corrected chi connectivity index (χ3v) is 3.40. The maximum atomic E-state index is 12.0. The van der Waals surface area contributed by atoms with Crippen molar-refractivity contribution in [3.05, 3.63) is 0 Å². The highest BCUT2D eigenvalue weighted by molar-refractivity contribution is 5.86. The number of rotatable bonds is 3. The lowest BCUT2D eigenvalue weighted by Gasteiger charge is -2.38. The first-order valence-electron chi connectivity index (χ1n) is 6.57. The van der Waals surface area contributed by atoms with E-state index in [1.54, 1.807) is 25.8 Å². The SMILES string of the molecule is CC(C)(C)C(=O)ON1CCCC(C)(C(=O)CC#N)C1. The number of hydrogen-bond acceptors (Lipinski definition) is 5. The molecule has 1 rings (SSSR count). The van der Waals surface area contributed by atoms with Crippen LogP contribution in [0.2, 0.25) is 0 Å². The monoisotopic (exact) mass is 266 g/mol. The highest BCUT2D eigenvalue weighted by atomic mass is 16.7. The number of ketones is 1. The molecule has 0 N–H and O–H groups in total. The Kier molecular flexibility index (Phi) is 4.70. The van der Waals surface area contributed by atoms with Crippen LogP contribution in [0.4, 0.5) is 0 Å². The normalized spacial score (nSPS) is 24.6. The van der Waals surface area contributed by atoms with Crippen LogP contribution in [0.15, 0.2) is 0 Å². The van der Waals surface area contributed by atoms with Crippen molar-refractivity contribution in [3.63, 3.8) is 0 Å². The van der Waals surface area contributed by atoms with Crippen molar-refractivity contribution >= 4 is 11.8 Å². The van der Waals surface area contributed by atoms with Crippen molar-refractivity contribution in [2.45, 2.75) is 47.0 Å². The van der Waals surface area contributed by atoms with Crippen LogP contribution < -0.4 is 0 Å². The minimum atomic E-state index is -0.591. The van der Waals surface area contributed by atoms with Gasteiger partial charge in [0.25, 0.3) is 0 Å². The molecule has 5 heteroatoms. The zero-order chi connectivity index (χ0) is 14.7. The molecule has 0 amide bonds. The fourth-order valence-corrected chi connectivity index (χ4v) is 2.04. The molecule has 0 aromatic carbocycles. The van der Waals surface area contributed by atoms with Gasteiger partial charge in [0, 0.05) is 18.5 Å². The van der Waals surface area contributed by atoms with Crippen LogP contribution in [-0.2, 0) is 14.4 Å². The van der Waals surface area contributed by atoms with Gasteiger partial charge >= 0.3 is 5.97 Å². The van der Waals surface area contributed by atoms with Crippen LogP contribution in [0.25, 0.3) is 0 Å². The van der Waals surface area contributed by atoms with Gasteiger partial charge in [0.2, 0.25) is 0 Å². The van der Waals surface area contributed by atoms with E-state index in [9.17, 15) is 9.59 Å². The Bertz CT molecular complexity index is 406. The Morgan fingerprint density at radius 3 is 2.58 bits per heavy atom. The van der Waals surface area contributed by atoms with Gasteiger partial charge in [0.1, 0.15) is 0 Å². The Balaban J connectivity index is 2.67. The first kappa shape index (κ1) is 15.6. The highest BCUT2D eigenvalue weighted by Crippen LogP contribution is 2.32. The van der Waals surface area contributed by atoms with E-state index < -0.39 is 10.8 Å². The summed E-state index contributed by atoms with van der Waals surface area (Å²) in [6, 6.07) is 1.89. The fourth-order valence-electron chi connectivity index (χ4n) is 2.04. The average molecular weight is 266 g/mol. The van der Waals surface area contributed by atoms with Gasteiger partial charge in [0.15, 0.2) is 5.78 Å². The average Bonchev–Trinajstić information content (AvgIpc) is 2.28. The van der Waals surface area contributed by atoms with Gasteiger partial charge < -0.3 is 4.84 Å². The second-order valence-electron chi connectivity index (χ2n) is 6.41. The van der Waals surface area contributed by atoms with Crippen LogP contribution >= 0.6 is 0 Å². The Labute approximate surface area is 114 Å². The molecule has 0 spiro atoms. The molecule has 0 saturated carbocycles. The number of carbonyl (C=O) groups is 2. The molecule has 0 radical (unpaired) electrons. The van der Waals surface area contributed by atoms with E-state index in [1.807, 2.05) is 13.0 Å². The summed E-state index contributed by atoms with van der Waals surface area (Å²) in [5.41, 5.74) is -1.16. The summed E-state index contributed by atoms with van der Waals surface area (Å²) in [6.45, 7) is 8.22. The second kappa shape index (κ2) is 5.70. The van der Waals surface area contributed by atoms with Gasteiger partial charge in [-0.25, -0.2) is 4.79 Å². The van der Waals surface area contributed by atoms with Crippen LogP contribution in [0.3, 0.4) is 0 Å². The molecular formula is C14H22N2O3. The molecule has 0 bridgehead atoms. The second-order valence-corrected chi connectivity index (χ2v) is 6.41. The van der Waals surface area contributed by atoms with Gasteiger partial charge in [-0.15, -0.1) is 5.06 Å². The quantitative estimate of drug-likeness (QED) is 0.782. The molecule has 106 valence electrons. The number of hydrogen-bond donors (Lipinski definition) is 0. The molecule has 1 saturated heterocycles. The third-order valence-electron chi connectivity index (χ3n) is 3.40. The van der Waals surface area contributed by atoms with E-state index in [0.29, 0.717) is 13.1 Å². The van der Waals surface area contributed by atoms with Crippen molar-refractivity contribution < 1.29 is 14.4 Å². The van der Waals surface area contributed by atoms with Gasteiger partial charge in [-0.3, -0.25) is 4.79 Å². The van der Waals surface area contributed by atoms with Crippen molar-refractivity contribution in [2.24, 2.45) is 10.8 Å². The van der Waals surface area contributed by atoms with Crippen molar-refractivity contribution in [1.82, 2.24) is 5.06 Å². The lowest BCUT2D eigenvalue weighted by Crippen LogP contribution is -2.47. The standard InChI is InChI=1S/C14H22N2O3/c1-13(2,3)12(18)19-16-9-5-7-14(4,10-16)11(17)6-8-15/h5-7,9-10H2,1-4H3. The maximum Gasteiger partial charge on any atom is 0.330 e. The Morgan fingerprint density at radius 1 is 1.42 bits per heavy atom. The molecule has 0 aromatic rings. The maximum absolute atomic E-state index is 12.0. The molecule has 0 aliphatic carbocycles. The minimum absolute atomic E-state index is 0.0773. The van der Waals surface area contributed by atoms with Gasteiger partial charge in [-0.1, -0.05) is 6.92 Å². The smallest absolute Gasteiger partial charge is 0.330 e. The zero-order valence-corrected chi connectivity index (χ0v) is 12.2. The summed E-state index contributed by atoms with van der Waals surface area (Å²) in [5.74, 6) is -0.379. The summed E-state index contributed by atoms with van der Waals surface area (Å²) in [6.07, 6.45) is 1.43. The molecule has 1 unspecified atom stereocenters. The van der Waals surface area contributed by atoms with E-state index in [-0.39, 0.29) is 18.2 Å². The summed E-state index contributed by atoms with van der Waals surface area (Å²) in [5, 5.41) is 10.2. The molecule has 5 nitrogen and oxygen atoms in total. The van der Waals surface area contributed by atoms with Gasteiger partial charge in [-0.05, 0) is 33.6 Å². The lowest BCUT2D eigenvalue weighted by molar-refractivity contribution is -0.213. The number of carbonyl (C=O) groups excluding carboxylic acids is 2. The molecule has 1 heterocycles. The summed E-state index contributed by atoms with van der Waals surface area (Å²) in [4.78, 5) is 29.1. The fraction of sp³-hybridized carbons (Fsp3) is 0.786. The van der Waals surface area contributed by atoms with E-state index in [2.05, 4.69) is 0 Å². The predicted molar refractivity (Wildman–Crippen MR) is 69.7 cm³/mol. The van der Waals surface area contributed by atoms with Crippen LogP contribution in [0.5, 0.6) is 0 Å². The topological polar surface area (TPSA) is 70.4 Å². The molecule has 1 atom stereocenters. The van der Waals surface area contributed by atoms with Crippen LogP contribution in [0.1, 0.15) is 47.0 Å². The molecular weight excluding hydrogens is 244 g/mol. The predicted octanol–water partition coefficient (Wildman–Crippen LogP) is 2.08. The Hall–Kier alpha value is -1.41. The van der Waals surface area contributed by atoms with Crippen molar-refractivity contribution in [3.8, 4) is 6.07 Å². The molecule has 19 heavy (non-hydrogen) atoms. The molecule has 1 aliphatic heterocycles. The van der Waals surface area contributed by atoms with Gasteiger partial charge in [0.05, 0.1) is 17.9 Å². The lowest BCUT2D eigenvalue weighted by atomic mass is 9.78. The van der Waals surface area contributed by atoms with E-state index >= 15 is 0 Å². The van der Waals surface area contributed by atoms with Crippen LogP contribution in [0, 0.1) is 22.2 Å². The van der Waals surface area contributed by atoms with Gasteiger partial charge in [-0.2, -0.15) is 5.26 Å².